The number of rotatable bonds is 5. The summed E-state index contributed by atoms with van der Waals surface area (Å²) >= 11 is 0. The SMILES string of the molecule is N#Cc1cc(-n2c3ccccc3c3ccc(-c4cc(C(F)(F)F)cc(C(F)(F)F)c4)cc32)c(-c2ccc(C(F)(F)F)cc2C#N)c(-n2c3ccccc3c3ccc(-c4cc(C(F)(F)F)cc(C(F)(F)F)c4)cc32)c1. The quantitative estimate of drug-likeness (QED) is 0.161. The van der Waals surface area contributed by atoms with Crippen molar-refractivity contribution >= 4 is 43.6 Å². The van der Waals surface area contributed by atoms with Gasteiger partial charge in [0.2, 0.25) is 0 Å². The zero-order valence-electron chi connectivity index (χ0n) is 36.9. The summed E-state index contributed by atoms with van der Waals surface area (Å²) in [5.41, 5.74) is -9.33. The van der Waals surface area contributed by atoms with Gasteiger partial charge >= 0.3 is 30.9 Å². The van der Waals surface area contributed by atoms with Crippen LogP contribution in [0.4, 0.5) is 65.9 Å². The number of para-hydroxylation sites is 2. The average Bonchev–Trinajstić information content (AvgIpc) is 3.86. The summed E-state index contributed by atoms with van der Waals surface area (Å²) in [5, 5.41) is 23.0. The molecule has 0 aliphatic carbocycles. The highest BCUT2D eigenvalue weighted by Crippen LogP contribution is 2.47. The first-order valence-corrected chi connectivity index (χ1v) is 21.6. The third kappa shape index (κ3) is 8.47. The lowest BCUT2D eigenvalue weighted by atomic mass is 9.93. The van der Waals surface area contributed by atoms with Crippen LogP contribution in [0.3, 0.4) is 0 Å². The van der Waals surface area contributed by atoms with Gasteiger partial charge < -0.3 is 9.13 Å². The second-order valence-electron chi connectivity index (χ2n) is 17.1. The molecule has 370 valence electrons. The topological polar surface area (TPSA) is 57.4 Å². The Kier molecular flexibility index (Phi) is 11.2. The van der Waals surface area contributed by atoms with Gasteiger partial charge in [-0.05, 0) is 107 Å². The number of hydrogen-bond acceptors (Lipinski definition) is 2. The van der Waals surface area contributed by atoms with Gasteiger partial charge in [-0.25, -0.2) is 0 Å². The maximum absolute atomic E-state index is 14.4. The van der Waals surface area contributed by atoms with Gasteiger partial charge in [0.05, 0.1) is 84.5 Å². The van der Waals surface area contributed by atoms with E-state index in [2.05, 4.69) is 0 Å². The highest BCUT2D eigenvalue weighted by atomic mass is 19.4. The zero-order chi connectivity index (χ0) is 53.0. The number of alkyl halides is 15. The van der Waals surface area contributed by atoms with Crippen molar-refractivity contribution in [3.8, 4) is 56.9 Å². The Morgan fingerprint density at radius 3 is 1.07 bits per heavy atom. The van der Waals surface area contributed by atoms with E-state index in [0.717, 1.165) is 6.07 Å². The Morgan fingerprint density at radius 1 is 0.324 bits per heavy atom. The first-order chi connectivity index (χ1) is 34.7. The van der Waals surface area contributed by atoms with Crippen molar-refractivity contribution in [2.75, 3.05) is 0 Å². The van der Waals surface area contributed by atoms with E-state index in [-0.39, 0.29) is 62.4 Å². The summed E-state index contributed by atoms with van der Waals surface area (Å²) in [4.78, 5) is 0. The highest BCUT2D eigenvalue weighted by molar-refractivity contribution is 6.13. The molecule has 0 amide bonds. The van der Waals surface area contributed by atoms with E-state index in [1.165, 1.54) is 57.7 Å². The Labute approximate surface area is 406 Å². The van der Waals surface area contributed by atoms with Crippen LogP contribution in [0, 0.1) is 22.7 Å². The molecule has 0 unspecified atom stereocenters. The normalized spacial score (nSPS) is 12.8. The second-order valence-corrected chi connectivity index (χ2v) is 17.1. The molecule has 0 aliphatic rings. The third-order valence-corrected chi connectivity index (χ3v) is 12.6. The van der Waals surface area contributed by atoms with E-state index in [1.807, 2.05) is 12.1 Å². The molecule has 8 aromatic carbocycles. The molecule has 10 rings (SSSR count). The van der Waals surface area contributed by atoms with Crippen LogP contribution in [0.15, 0.2) is 152 Å². The smallest absolute Gasteiger partial charge is 0.308 e. The molecular weight excluding hydrogens is 1000 g/mol. The molecule has 0 saturated carbocycles. The van der Waals surface area contributed by atoms with Crippen molar-refractivity contribution in [3.63, 3.8) is 0 Å². The van der Waals surface area contributed by atoms with Gasteiger partial charge in [0, 0.05) is 32.7 Å². The number of hydrogen-bond donors (Lipinski definition) is 0. The third-order valence-electron chi connectivity index (χ3n) is 12.6. The fraction of sp³-hybridized carbons (Fsp3) is 0.0909. The van der Waals surface area contributed by atoms with Gasteiger partial charge in [-0.15, -0.1) is 0 Å². The molecule has 0 atom stereocenters. The standard InChI is InChI=1S/C55H25F15N4/c56-51(57,58)34-11-14-39(33(21-34)27-72)50-48(73-44-7-3-1-5-40(44)42-12-9-29(22-46(42)73)31-17-35(52(59,60)61)24-36(18-31)53(62,63)64)15-28(26-71)16-49(50)74-45-8-4-2-6-41(45)43-13-10-30(23-47(43)74)32-19-37(54(65,66)67)25-38(20-32)55(68,69)70/h1-25H. The van der Waals surface area contributed by atoms with Crippen LogP contribution < -0.4 is 0 Å². The fourth-order valence-electron chi connectivity index (χ4n) is 9.40. The minimum Gasteiger partial charge on any atom is -0.308 e. The first kappa shape index (κ1) is 48.9. The zero-order valence-corrected chi connectivity index (χ0v) is 36.9. The Morgan fingerprint density at radius 2 is 0.703 bits per heavy atom. The van der Waals surface area contributed by atoms with E-state index in [1.54, 1.807) is 48.5 Å². The molecular formula is C55H25F15N4. The highest BCUT2D eigenvalue weighted by Gasteiger charge is 2.39. The molecule has 74 heavy (non-hydrogen) atoms. The molecule has 0 radical (unpaired) electrons. The van der Waals surface area contributed by atoms with Crippen molar-refractivity contribution in [2.45, 2.75) is 30.9 Å². The summed E-state index contributed by atoms with van der Waals surface area (Å²) in [6, 6.07) is 31.7. The molecule has 19 heteroatoms. The number of nitriles is 2. The minimum absolute atomic E-state index is 0.0337. The van der Waals surface area contributed by atoms with E-state index >= 15 is 0 Å². The fourth-order valence-corrected chi connectivity index (χ4v) is 9.40. The van der Waals surface area contributed by atoms with Crippen molar-refractivity contribution < 1.29 is 65.9 Å². The minimum atomic E-state index is -5.22. The van der Waals surface area contributed by atoms with Gasteiger partial charge in [-0.2, -0.15) is 76.4 Å². The lowest BCUT2D eigenvalue weighted by Gasteiger charge is -2.22. The molecule has 0 spiro atoms. The van der Waals surface area contributed by atoms with Crippen LogP contribution >= 0.6 is 0 Å². The Bertz CT molecular complexity index is 3760. The van der Waals surface area contributed by atoms with Gasteiger partial charge in [-0.3, -0.25) is 0 Å². The summed E-state index contributed by atoms with van der Waals surface area (Å²) in [6.45, 7) is 0. The summed E-state index contributed by atoms with van der Waals surface area (Å²) in [7, 11) is 0. The summed E-state index contributed by atoms with van der Waals surface area (Å²) < 4.78 is 216. The molecule has 10 aromatic rings. The molecule has 4 nitrogen and oxygen atoms in total. The first-order valence-electron chi connectivity index (χ1n) is 21.6. The molecule has 0 bridgehead atoms. The van der Waals surface area contributed by atoms with Gasteiger partial charge in [0.25, 0.3) is 0 Å². The second kappa shape index (κ2) is 16.9. The van der Waals surface area contributed by atoms with Crippen LogP contribution in [-0.2, 0) is 30.9 Å². The maximum Gasteiger partial charge on any atom is 0.416 e. The molecule has 0 N–H and O–H groups in total. The van der Waals surface area contributed by atoms with E-state index in [4.69, 9.17) is 0 Å². The van der Waals surface area contributed by atoms with Crippen LogP contribution in [0.1, 0.15) is 38.9 Å². The Hall–Kier alpha value is -8.71. The van der Waals surface area contributed by atoms with Crippen molar-refractivity contribution in [1.29, 1.82) is 10.5 Å². The predicted molar refractivity (Wildman–Crippen MR) is 246 cm³/mol. The van der Waals surface area contributed by atoms with Crippen molar-refractivity contribution in [3.05, 3.63) is 191 Å². The van der Waals surface area contributed by atoms with Crippen LogP contribution in [0.2, 0.25) is 0 Å². The summed E-state index contributed by atoms with van der Waals surface area (Å²) in [6.07, 6.45) is -25.8. The molecule has 0 aliphatic heterocycles. The van der Waals surface area contributed by atoms with Crippen LogP contribution in [-0.4, -0.2) is 9.13 Å². The maximum atomic E-state index is 14.4. The lowest BCUT2D eigenvalue weighted by Crippen LogP contribution is -2.11. The van der Waals surface area contributed by atoms with Gasteiger partial charge in [0.15, 0.2) is 0 Å². The lowest BCUT2D eigenvalue weighted by molar-refractivity contribution is -0.144. The molecule has 0 saturated heterocycles. The van der Waals surface area contributed by atoms with E-state index < -0.39 is 75.4 Å². The van der Waals surface area contributed by atoms with Crippen LogP contribution in [0.5, 0.6) is 0 Å². The monoisotopic (exact) mass is 1030 g/mol. The Balaban J connectivity index is 1.36. The summed E-state index contributed by atoms with van der Waals surface area (Å²) in [5.74, 6) is 0. The molecule has 2 aromatic heterocycles. The average molecular weight is 1030 g/mol. The number of nitrogens with zero attached hydrogens (tertiary/aromatic N) is 4. The molecule has 2 heterocycles. The van der Waals surface area contributed by atoms with E-state index in [9.17, 15) is 76.4 Å². The van der Waals surface area contributed by atoms with Crippen molar-refractivity contribution in [2.24, 2.45) is 0 Å². The van der Waals surface area contributed by atoms with Gasteiger partial charge in [-0.1, -0.05) is 66.7 Å². The van der Waals surface area contributed by atoms with Crippen molar-refractivity contribution in [1.82, 2.24) is 9.13 Å². The number of benzene rings is 8. The number of halogens is 15. The number of fused-ring (bicyclic) bond motifs is 6. The predicted octanol–water partition coefficient (Wildman–Crippen LogP) is 17.7. The van der Waals surface area contributed by atoms with Gasteiger partial charge in [0.1, 0.15) is 0 Å². The molecule has 0 fully saturated rings. The largest absolute Gasteiger partial charge is 0.416 e. The van der Waals surface area contributed by atoms with E-state index in [0.29, 0.717) is 69.0 Å². The van der Waals surface area contributed by atoms with Crippen LogP contribution in [0.25, 0.3) is 88.4 Å². The number of aromatic nitrogens is 2.